The molecule has 0 aromatic heterocycles. The third-order valence-corrected chi connectivity index (χ3v) is 1.89. The number of nitrogens with two attached hydrogens (primary N) is 1. The minimum Gasteiger partial charge on any atom is -0.388 e. The molecule has 0 aliphatic carbocycles. The minimum atomic E-state index is 0.224. The second-order valence-electron chi connectivity index (χ2n) is 3.24. The van der Waals surface area contributed by atoms with Crippen LogP contribution < -0.4 is 5.73 Å². The van der Waals surface area contributed by atoms with Crippen LogP contribution >= 0.6 is 0 Å². The molecule has 0 bridgehead atoms. The Hall–Kier alpha value is -0.610. The van der Waals surface area contributed by atoms with Crippen molar-refractivity contribution in [1.82, 2.24) is 4.90 Å². The minimum absolute atomic E-state index is 0.224. The third-order valence-electron chi connectivity index (χ3n) is 1.89. The van der Waals surface area contributed by atoms with Crippen LogP contribution in [0.1, 0.15) is 6.92 Å². The number of aliphatic imine (C=N–C) groups is 1. The van der Waals surface area contributed by atoms with Gasteiger partial charge >= 0.3 is 0 Å². The zero-order valence-electron chi connectivity index (χ0n) is 7.79. The van der Waals surface area contributed by atoms with Crippen molar-refractivity contribution in [3.63, 3.8) is 0 Å². The van der Waals surface area contributed by atoms with Crippen LogP contribution in [0.2, 0.25) is 0 Å². The van der Waals surface area contributed by atoms with Crippen LogP contribution in [0.25, 0.3) is 0 Å². The monoisotopic (exact) mass is 171 g/mol. The fraction of sp³-hybridized carbons (Fsp3) is 0.875. The Morgan fingerprint density at radius 2 is 2.50 bits per heavy atom. The third kappa shape index (κ3) is 3.19. The van der Waals surface area contributed by atoms with Crippen molar-refractivity contribution in [2.75, 3.05) is 33.3 Å². The number of morpholine rings is 1. The summed E-state index contributed by atoms with van der Waals surface area (Å²) in [5, 5.41) is 0. The molecule has 1 aliphatic heterocycles. The first-order valence-electron chi connectivity index (χ1n) is 4.25. The average Bonchev–Trinajstić information content (AvgIpc) is 2.01. The molecule has 0 spiro atoms. The maximum Gasteiger partial charge on any atom is 0.0906 e. The first-order valence-corrected chi connectivity index (χ1v) is 4.25. The van der Waals surface area contributed by atoms with E-state index in [1.165, 1.54) is 0 Å². The number of rotatable bonds is 2. The lowest BCUT2D eigenvalue weighted by Crippen LogP contribution is -2.41. The molecule has 1 rings (SSSR count). The predicted octanol–water partition coefficient (Wildman–Crippen LogP) is -0.306. The molecule has 12 heavy (non-hydrogen) atoms. The predicted molar refractivity (Wildman–Crippen MR) is 49.4 cm³/mol. The number of amidine groups is 1. The van der Waals surface area contributed by atoms with Crippen LogP contribution in [0.3, 0.4) is 0 Å². The molecular formula is C8H17N3O. The number of likely N-dealkylation sites (N-methyl/N-ethyl adjacent to an activating group) is 1. The molecule has 4 heteroatoms. The smallest absolute Gasteiger partial charge is 0.0906 e. The van der Waals surface area contributed by atoms with Gasteiger partial charge < -0.3 is 15.4 Å². The van der Waals surface area contributed by atoms with Crippen molar-refractivity contribution < 1.29 is 4.74 Å². The summed E-state index contributed by atoms with van der Waals surface area (Å²) in [5.74, 6) is 0.631. The van der Waals surface area contributed by atoms with E-state index in [2.05, 4.69) is 16.9 Å². The Balaban J connectivity index is 2.27. The quantitative estimate of drug-likeness (QED) is 0.458. The molecule has 0 saturated carbocycles. The number of ether oxygens (including phenoxy) is 1. The highest BCUT2D eigenvalue weighted by atomic mass is 16.5. The van der Waals surface area contributed by atoms with Gasteiger partial charge in [-0.2, -0.15) is 0 Å². The van der Waals surface area contributed by atoms with Crippen molar-refractivity contribution in [3.8, 4) is 0 Å². The molecule has 1 unspecified atom stereocenters. The molecule has 1 aliphatic rings. The summed E-state index contributed by atoms with van der Waals surface area (Å²) in [6.45, 7) is 5.26. The molecule has 1 atom stereocenters. The van der Waals surface area contributed by atoms with Crippen molar-refractivity contribution in [2.45, 2.75) is 13.0 Å². The van der Waals surface area contributed by atoms with E-state index in [0.717, 1.165) is 19.7 Å². The second kappa shape index (κ2) is 4.42. The molecule has 0 amide bonds. The number of hydrogen-bond donors (Lipinski definition) is 1. The Labute approximate surface area is 73.4 Å². The van der Waals surface area contributed by atoms with E-state index in [1.807, 2.05) is 0 Å². The van der Waals surface area contributed by atoms with E-state index in [9.17, 15) is 0 Å². The standard InChI is InChI=1S/C8H17N3O/c1-7(9)10-5-8-6-11(2)3-4-12-8/h8H,3-6H2,1-2H3,(H2,9,10). The number of nitrogens with zero attached hydrogens (tertiary/aromatic N) is 2. The summed E-state index contributed by atoms with van der Waals surface area (Å²) in [5.41, 5.74) is 5.43. The summed E-state index contributed by atoms with van der Waals surface area (Å²) >= 11 is 0. The lowest BCUT2D eigenvalue weighted by molar-refractivity contribution is -0.0136. The van der Waals surface area contributed by atoms with Gasteiger partial charge in [-0.3, -0.25) is 4.99 Å². The van der Waals surface area contributed by atoms with Gasteiger partial charge in [0.25, 0.3) is 0 Å². The molecule has 4 nitrogen and oxygen atoms in total. The Bertz CT molecular complexity index is 166. The lowest BCUT2D eigenvalue weighted by atomic mass is 10.3. The summed E-state index contributed by atoms with van der Waals surface area (Å²) in [4.78, 5) is 6.37. The topological polar surface area (TPSA) is 50.8 Å². The molecule has 0 aromatic rings. The van der Waals surface area contributed by atoms with Gasteiger partial charge in [0.15, 0.2) is 0 Å². The van der Waals surface area contributed by atoms with Crippen LogP contribution in [-0.4, -0.2) is 50.1 Å². The number of hydrogen-bond acceptors (Lipinski definition) is 3. The molecule has 1 saturated heterocycles. The van der Waals surface area contributed by atoms with Crippen LogP contribution in [0, 0.1) is 0 Å². The average molecular weight is 171 g/mol. The van der Waals surface area contributed by atoms with Crippen LogP contribution in [-0.2, 0) is 4.74 Å². The van der Waals surface area contributed by atoms with Crippen molar-refractivity contribution in [3.05, 3.63) is 0 Å². The molecule has 2 N–H and O–H groups in total. The van der Waals surface area contributed by atoms with Crippen LogP contribution in [0.15, 0.2) is 4.99 Å². The zero-order chi connectivity index (χ0) is 8.97. The van der Waals surface area contributed by atoms with E-state index in [-0.39, 0.29) is 6.10 Å². The maximum atomic E-state index is 5.49. The van der Waals surface area contributed by atoms with E-state index in [0.29, 0.717) is 12.4 Å². The van der Waals surface area contributed by atoms with Gasteiger partial charge in [-0.15, -0.1) is 0 Å². The zero-order valence-corrected chi connectivity index (χ0v) is 7.79. The molecule has 70 valence electrons. The van der Waals surface area contributed by atoms with E-state index in [4.69, 9.17) is 10.5 Å². The van der Waals surface area contributed by atoms with E-state index < -0.39 is 0 Å². The molecule has 0 aromatic carbocycles. The van der Waals surface area contributed by atoms with Gasteiger partial charge in [-0.25, -0.2) is 0 Å². The van der Waals surface area contributed by atoms with Crippen molar-refractivity contribution in [1.29, 1.82) is 0 Å². The van der Waals surface area contributed by atoms with E-state index in [1.54, 1.807) is 6.92 Å². The highest BCUT2D eigenvalue weighted by Crippen LogP contribution is 2.02. The summed E-state index contributed by atoms with van der Waals surface area (Å²) < 4.78 is 5.49. The van der Waals surface area contributed by atoms with Gasteiger partial charge in [-0.1, -0.05) is 0 Å². The van der Waals surface area contributed by atoms with Gasteiger partial charge in [0, 0.05) is 13.1 Å². The normalized spacial score (nSPS) is 27.5. The molecule has 0 radical (unpaired) electrons. The van der Waals surface area contributed by atoms with Gasteiger partial charge in [0.2, 0.25) is 0 Å². The Morgan fingerprint density at radius 3 is 3.08 bits per heavy atom. The van der Waals surface area contributed by atoms with Gasteiger partial charge in [0.1, 0.15) is 0 Å². The largest absolute Gasteiger partial charge is 0.388 e. The van der Waals surface area contributed by atoms with Crippen molar-refractivity contribution >= 4 is 5.84 Å². The van der Waals surface area contributed by atoms with Gasteiger partial charge in [0.05, 0.1) is 25.1 Å². The molecule has 1 heterocycles. The van der Waals surface area contributed by atoms with Crippen LogP contribution in [0.5, 0.6) is 0 Å². The highest BCUT2D eigenvalue weighted by Gasteiger charge is 2.16. The Morgan fingerprint density at radius 1 is 1.75 bits per heavy atom. The molecular weight excluding hydrogens is 154 g/mol. The SMILES string of the molecule is CC(N)=NCC1CN(C)CCO1. The summed E-state index contributed by atoms with van der Waals surface area (Å²) in [7, 11) is 2.09. The Kier molecular flexibility index (Phi) is 3.49. The fourth-order valence-electron chi connectivity index (χ4n) is 1.22. The summed E-state index contributed by atoms with van der Waals surface area (Å²) in [6.07, 6.45) is 0.224. The lowest BCUT2D eigenvalue weighted by Gasteiger charge is -2.28. The fourth-order valence-corrected chi connectivity index (χ4v) is 1.22. The van der Waals surface area contributed by atoms with Crippen LogP contribution in [0.4, 0.5) is 0 Å². The summed E-state index contributed by atoms with van der Waals surface area (Å²) in [6, 6.07) is 0. The van der Waals surface area contributed by atoms with Crippen molar-refractivity contribution in [2.24, 2.45) is 10.7 Å². The van der Waals surface area contributed by atoms with Gasteiger partial charge in [-0.05, 0) is 14.0 Å². The first kappa shape index (κ1) is 9.48. The maximum absolute atomic E-state index is 5.49. The first-order chi connectivity index (χ1) is 5.68. The highest BCUT2D eigenvalue weighted by molar-refractivity contribution is 5.77. The molecule has 1 fully saturated rings. The van der Waals surface area contributed by atoms with E-state index >= 15 is 0 Å². The second-order valence-corrected chi connectivity index (χ2v) is 3.24.